The summed E-state index contributed by atoms with van der Waals surface area (Å²) in [4.78, 5) is 12.2. The lowest BCUT2D eigenvalue weighted by Crippen LogP contribution is -2.42. The van der Waals surface area contributed by atoms with Gasteiger partial charge in [0.25, 0.3) is 0 Å². The maximum absolute atomic E-state index is 12.2. The molecule has 2 N–H and O–H groups in total. The van der Waals surface area contributed by atoms with Gasteiger partial charge >= 0.3 is 0 Å². The molecule has 0 aliphatic rings. The van der Waals surface area contributed by atoms with Crippen LogP contribution in [-0.2, 0) is 4.79 Å². The van der Waals surface area contributed by atoms with Crippen molar-refractivity contribution in [2.75, 3.05) is 5.32 Å². The van der Waals surface area contributed by atoms with Crippen LogP contribution in [0.4, 0.5) is 5.69 Å². The van der Waals surface area contributed by atoms with Crippen molar-refractivity contribution in [3.63, 3.8) is 0 Å². The van der Waals surface area contributed by atoms with Crippen molar-refractivity contribution in [1.29, 1.82) is 0 Å². The summed E-state index contributed by atoms with van der Waals surface area (Å²) in [5.41, 5.74) is 0.875. The Labute approximate surface area is 145 Å². The third-order valence-corrected chi connectivity index (χ3v) is 4.80. The third-order valence-electron chi connectivity index (χ3n) is 3.09. The van der Waals surface area contributed by atoms with Gasteiger partial charge in [0.15, 0.2) is 0 Å². The van der Waals surface area contributed by atoms with E-state index in [1.807, 2.05) is 19.1 Å². The topological polar surface area (TPSA) is 41.1 Å². The first-order chi connectivity index (χ1) is 9.38. The predicted octanol–water partition coefficient (Wildman–Crippen LogP) is 5.08. The smallest absolute Gasteiger partial charge is 0.242 e. The fourth-order valence-corrected chi connectivity index (χ4v) is 4.27. The average molecular weight is 471 g/mol. The summed E-state index contributed by atoms with van der Waals surface area (Å²) in [6, 6.07) is 3.82. The van der Waals surface area contributed by atoms with Crippen molar-refractivity contribution in [3.05, 3.63) is 25.6 Å². The van der Waals surface area contributed by atoms with Gasteiger partial charge < -0.3 is 10.6 Å². The number of carbonyl (C=O) groups excluding carboxylic acids is 1. The van der Waals surface area contributed by atoms with Crippen molar-refractivity contribution in [3.8, 4) is 0 Å². The molecule has 0 aliphatic carbocycles. The lowest BCUT2D eigenvalue weighted by atomic mass is 10.1. The summed E-state index contributed by atoms with van der Waals surface area (Å²) >= 11 is 10.4. The molecule has 0 heterocycles. The first-order valence-electron chi connectivity index (χ1n) is 6.60. The summed E-state index contributed by atoms with van der Waals surface area (Å²) in [5.74, 6) is 0.0143. The quantitative estimate of drug-likeness (QED) is 0.608. The number of carbonyl (C=O) groups is 1. The molecule has 1 unspecified atom stereocenters. The summed E-state index contributed by atoms with van der Waals surface area (Å²) in [6.07, 6.45) is 1.89. The lowest BCUT2D eigenvalue weighted by molar-refractivity contribution is -0.122. The SMILES string of the molecule is CCC(CC)NC(=O)C(C)Nc1c(Br)cc(Br)cc1Br. The third kappa shape index (κ3) is 5.04. The molecule has 1 rings (SSSR count). The Balaban J connectivity index is 2.76. The standard InChI is InChI=1S/C14H19Br3N2O/c1-4-10(5-2)19-14(20)8(3)18-13-11(16)6-9(15)7-12(13)17/h6-8,10,18H,4-5H2,1-3H3,(H,19,20). The highest BCUT2D eigenvalue weighted by atomic mass is 79.9. The van der Waals surface area contributed by atoms with Crippen LogP contribution in [-0.4, -0.2) is 18.0 Å². The van der Waals surface area contributed by atoms with Crippen LogP contribution in [0.2, 0.25) is 0 Å². The van der Waals surface area contributed by atoms with Gasteiger partial charge in [-0.2, -0.15) is 0 Å². The minimum absolute atomic E-state index is 0.0143. The van der Waals surface area contributed by atoms with Crippen molar-refractivity contribution >= 4 is 59.4 Å². The summed E-state index contributed by atoms with van der Waals surface area (Å²) in [7, 11) is 0. The Morgan fingerprint density at radius 2 is 1.65 bits per heavy atom. The van der Waals surface area contributed by atoms with Crippen molar-refractivity contribution < 1.29 is 4.79 Å². The molecule has 1 aromatic rings. The van der Waals surface area contributed by atoms with E-state index in [0.29, 0.717) is 0 Å². The van der Waals surface area contributed by atoms with E-state index in [0.717, 1.165) is 31.9 Å². The Morgan fingerprint density at radius 1 is 1.15 bits per heavy atom. The van der Waals surface area contributed by atoms with Crippen LogP contribution in [0, 0.1) is 0 Å². The Bertz CT molecular complexity index is 452. The van der Waals surface area contributed by atoms with E-state index in [1.54, 1.807) is 0 Å². The molecule has 0 bridgehead atoms. The van der Waals surface area contributed by atoms with Crippen molar-refractivity contribution in [2.24, 2.45) is 0 Å². The normalized spacial score (nSPS) is 12.3. The molecule has 1 aromatic carbocycles. The molecule has 0 spiro atoms. The van der Waals surface area contributed by atoms with Gasteiger partial charge in [0.2, 0.25) is 5.91 Å². The van der Waals surface area contributed by atoms with Gasteiger partial charge in [0, 0.05) is 19.5 Å². The molecule has 20 heavy (non-hydrogen) atoms. The second kappa shape index (κ2) is 8.39. The van der Waals surface area contributed by atoms with Crippen LogP contribution in [0.15, 0.2) is 25.6 Å². The molecule has 1 amide bonds. The first kappa shape index (κ1) is 18.0. The molecule has 112 valence electrons. The van der Waals surface area contributed by atoms with Gasteiger partial charge in [-0.15, -0.1) is 0 Å². The van der Waals surface area contributed by atoms with Crippen molar-refractivity contribution in [2.45, 2.75) is 45.7 Å². The highest BCUT2D eigenvalue weighted by molar-refractivity contribution is 9.11. The average Bonchev–Trinajstić information content (AvgIpc) is 2.39. The number of benzene rings is 1. The maximum Gasteiger partial charge on any atom is 0.242 e. The number of hydrogen-bond acceptors (Lipinski definition) is 2. The van der Waals surface area contributed by atoms with E-state index in [-0.39, 0.29) is 18.0 Å². The minimum Gasteiger partial charge on any atom is -0.372 e. The zero-order valence-corrected chi connectivity index (χ0v) is 16.5. The summed E-state index contributed by atoms with van der Waals surface area (Å²) in [6.45, 7) is 6.02. The molecular formula is C14H19Br3N2O. The van der Waals surface area contributed by atoms with Crippen LogP contribution in [0.3, 0.4) is 0 Å². The van der Waals surface area contributed by atoms with Gasteiger partial charge in [-0.05, 0) is 63.8 Å². The molecule has 0 fully saturated rings. The fraction of sp³-hybridized carbons (Fsp3) is 0.500. The van der Waals surface area contributed by atoms with Gasteiger partial charge in [0.1, 0.15) is 6.04 Å². The molecule has 0 saturated carbocycles. The van der Waals surface area contributed by atoms with E-state index in [1.165, 1.54) is 0 Å². The van der Waals surface area contributed by atoms with E-state index in [9.17, 15) is 4.79 Å². The molecule has 1 atom stereocenters. The molecule has 0 saturated heterocycles. The molecule has 0 radical (unpaired) electrons. The molecular weight excluding hydrogens is 452 g/mol. The summed E-state index contributed by atoms with van der Waals surface area (Å²) in [5, 5.41) is 6.28. The van der Waals surface area contributed by atoms with Gasteiger partial charge in [-0.25, -0.2) is 0 Å². The number of halogens is 3. The highest BCUT2D eigenvalue weighted by Gasteiger charge is 2.18. The van der Waals surface area contributed by atoms with E-state index >= 15 is 0 Å². The molecule has 0 aliphatic heterocycles. The number of nitrogens with one attached hydrogen (secondary N) is 2. The minimum atomic E-state index is -0.302. The zero-order chi connectivity index (χ0) is 15.3. The monoisotopic (exact) mass is 468 g/mol. The van der Waals surface area contributed by atoms with E-state index in [4.69, 9.17) is 0 Å². The number of amides is 1. The summed E-state index contributed by atoms with van der Waals surface area (Å²) < 4.78 is 2.78. The Kier molecular flexibility index (Phi) is 7.54. The predicted molar refractivity (Wildman–Crippen MR) is 95.1 cm³/mol. The first-order valence-corrected chi connectivity index (χ1v) is 8.98. The van der Waals surface area contributed by atoms with Gasteiger partial charge in [-0.3, -0.25) is 4.79 Å². The van der Waals surface area contributed by atoms with E-state index in [2.05, 4.69) is 72.3 Å². The Hall–Kier alpha value is -0.0700. The molecule has 0 aromatic heterocycles. The largest absolute Gasteiger partial charge is 0.372 e. The zero-order valence-electron chi connectivity index (χ0n) is 11.8. The van der Waals surface area contributed by atoms with Crippen LogP contribution >= 0.6 is 47.8 Å². The van der Waals surface area contributed by atoms with Crippen LogP contribution < -0.4 is 10.6 Å². The number of rotatable bonds is 6. The number of anilines is 1. The highest BCUT2D eigenvalue weighted by Crippen LogP contribution is 2.34. The van der Waals surface area contributed by atoms with Gasteiger partial charge in [0.05, 0.1) is 5.69 Å². The fourth-order valence-electron chi connectivity index (χ4n) is 1.78. The van der Waals surface area contributed by atoms with Crippen LogP contribution in [0.5, 0.6) is 0 Å². The van der Waals surface area contributed by atoms with Crippen LogP contribution in [0.1, 0.15) is 33.6 Å². The number of hydrogen-bond donors (Lipinski definition) is 2. The molecule has 6 heteroatoms. The van der Waals surface area contributed by atoms with Crippen LogP contribution in [0.25, 0.3) is 0 Å². The second-order valence-corrected chi connectivity index (χ2v) is 7.26. The molecule has 3 nitrogen and oxygen atoms in total. The van der Waals surface area contributed by atoms with Gasteiger partial charge in [-0.1, -0.05) is 29.8 Å². The lowest BCUT2D eigenvalue weighted by Gasteiger charge is -2.21. The van der Waals surface area contributed by atoms with Crippen molar-refractivity contribution in [1.82, 2.24) is 5.32 Å². The van der Waals surface area contributed by atoms with E-state index < -0.39 is 0 Å². The Morgan fingerprint density at radius 3 is 2.10 bits per heavy atom. The maximum atomic E-state index is 12.2. The second-order valence-electron chi connectivity index (χ2n) is 4.63.